The zero-order valence-electron chi connectivity index (χ0n) is 33.9. The van der Waals surface area contributed by atoms with E-state index in [1.54, 1.807) is 0 Å². The Morgan fingerprint density at radius 1 is 0.242 bits per heavy atom. The largest absolute Gasteiger partial charge is 0.246 e. The van der Waals surface area contributed by atoms with Gasteiger partial charge in [-0.2, -0.15) is 0 Å². The van der Waals surface area contributed by atoms with Gasteiger partial charge in [0.1, 0.15) is 0 Å². The van der Waals surface area contributed by atoms with Gasteiger partial charge in [0.2, 0.25) is 0 Å². The first-order valence-corrected chi connectivity index (χ1v) is 21.0. The van der Waals surface area contributed by atoms with Crippen LogP contribution in [0.2, 0.25) is 0 Å². The minimum absolute atomic E-state index is 0.682. The van der Waals surface area contributed by atoms with Crippen molar-refractivity contribution in [2.45, 2.75) is 0 Å². The van der Waals surface area contributed by atoms with Gasteiger partial charge in [0.15, 0.2) is 5.82 Å². The monoisotopic (exact) mass is 789 g/mol. The van der Waals surface area contributed by atoms with Crippen LogP contribution in [0.5, 0.6) is 0 Å². The summed E-state index contributed by atoms with van der Waals surface area (Å²) in [7, 11) is 0. The van der Waals surface area contributed by atoms with Gasteiger partial charge in [0.05, 0.1) is 22.6 Å². The SMILES string of the molecule is c1ccc(-c2ccc(-c3cc(-c4ccc(-c5cccc6c5nc(-c5ccccc5)c5cccc(-c7ccccc7)c56)cc4)nc(-c4ccc(-c5ccccc5)cc4)n3)cc2)cc1. The fourth-order valence-corrected chi connectivity index (χ4v) is 8.58. The molecule has 11 rings (SSSR count). The molecule has 0 atom stereocenters. The van der Waals surface area contributed by atoms with Crippen LogP contribution < -0.4 is 0 Å². The zero-order valence-corrected chi connectivity index (χ0v) is 33.9. The third kappa shape index (κ3) is 7.02. The van der Waals surface area contributed by atoms with E-state index >= 15 is 0 Å². The Morgan fingerprint density at radius 3 is 1.16 bits per heavy atom. The smallest absolute Gasteiger partial charge is 0.160 e. The molecule has 0 aliphatic rings. The predicted molar refractivity (Wildman–Crippen MR) is 258 cm³/mol. The molecule has 2 heterocycles. The molecule has 0 radical (unpaired) electrons. The van der Waals surface area contributed by atoms with Crippen LogP contribution in [-0.2, 0) is 0 Å². The van der Waals surface area contributed by atoms with Crippen LogP contribution >= 0.6 is 0 Å². The highest BCUT2D eigenvalue weighted by molar-refractivity contribution is 6.19. The number of pyridine rings is 1. The Hall–Kier alpha value is -8.27. The Balaban J connectivity index is 1.03. The average molecular weight is 790 g/mol. The number of hydrogen-bond donors (Lipinski definition) is 0. The molecule has 0 aliphatic heterocycles. The number of rotatable bonds is 8. The van der Waals surface area contributed by atoms with Gasteiger partial charge in [-0.15, -0.1) is 0 Å². The third-order valence-corrected chi connectivity index (χ3v) is 11.7. The molecule has 0 spiro atoms. The van der Waals surface area contributed by atoms with Gasteiger partial charge < -0.3 is 0 Å². The summed E-state index contributed by atoms with van der Waals surface area (Å²) in [6, 6.07) is 83.3. The lowest BCUT2D eigenvalue weighted by Crippen LogP contribution is -1.96. The van der Waals surface area contributed by atoms with Crippen LogP contribution in [0.3, 0.4) is 0 Å². The highest BCUT2D eigenvalue weighted by Crippen LogP contribution is 2.41. The Bertz CT molecular complexity index is 3230. The van der Waals surface area contributed by atoms with Gasteiger partial charge >= 0.3 is 0 Å². The van der Waals surface area contributed by atoms with Crippen molar-refractivity contribution in [3.8, 4) is 89.7 Å². The van der Waals surface area contributed by atoms with Crippen LogP contribution in [0.15, 0.2) is 237 Å². The lowest BCUT2D eigenvalue weighted by atomic mass is 9.91. The van der Waals surface area contributed by atoms with Crippen molar-refractivity contribution in [2.75, 3.05) is 0 Å². The van der Waals surface area contributed by atoms with Crippen LogP contribution in [0, 0.1) is 0 Å². The van der Waals surface area contributed by atoms with Gasteiger partial charge in [-0.1, -0.05) is 231 Å². The number of fused-ring (bicyclic) bond motifs is 3. The van der Waals surface area contributed by atoms with Crippen molar-refractivity contribution in [1.82, 2.24) is 15.0 Å². The summed E-state index contributed by atoms with van der Waals surface area (Å²) in [4.78, 5) is 15.9. The molecule has 0 N–H and O–H groups in total. The number of hydrogen-bond acceptors (Lipinski definition) is 3. The summed E-state index contributed by atoms with van der Waals surface area (Å²) in [6.07, 6.45) is 0. The van der Waals surface area contributed by atoms with Gasteiger partial charge in [-0.3, -0.25) is 0 Å². The van der Waals surface area contributed by atoms with Crippen molar-refractivity contribution in [3.05, 3.63) is 237 Å². The maximum Gasteiger partial charge on any atom is 0.160 e. The van der Waals surface area contributed by atoms with Crippen molar-refractivity contribution < 1.29 is 0 Å². The maximum absolute atomic E-state index is 5.49. The van der Waals surface area contributed by atoms with E-state index in [0.29, 0.717) is 5.82 Å². The van der Waals surface area contributed by atoms with Crippen LogP contribution in [0.25, 0.3) is 111 Å². The second kappa shape index (κ2) is 16.1. The topological polar surface area (TPSA) is 38.7 Å². The van der Waals surface area contributed by atoms with Crippen LogP contribution in [0.4, 0.5) is 0 Å². The predicted octanol–water partition coefficient (Wildman–Crippen LogP) is 15.5. The Morgan fingerprint density at radius 2 is 0.629 bits per heavy atom. The summed E-state index contributed by atoms with van der Waals surface area (Å²) in [5, 5.41) is 3.47. The molecule has 2 aromatic heterocycles. The molecule has 0 unspecified atom stereocenters. The number of para-hydroxylation sites is 1. The summed E-state index contributed by atoms with van der Waals surface area (Å²) < 4.78 is 0. The minimum atomic E-state index is 0.682. The van der Waals surface area contributed by atoms with E-state index in [2.05, 4.69) is 224 Å². The van der Waals surface area contributed by atoms with Gasteiger partial charge in [0, 0.05) is 44.0 Å². The summed E-state index contributed by atoms with van der Waals surface area (Å²) in [5.41, 5.74) is 17.0. The summed E-state index contributed by atoms with van der Waals surface area (Å²) >= 11 is 0. The second-order valence-corrected chi connectivity index (χ2v) is 15.5. The van der Waals surface area contributed by atoms with Crippen LogP contribution in [-0.4, -0.2) is 15.0 Å². The third-order valence-electron chi connectivity index (χ3n) is 11.7. The molecule has 0 saturated carbocycles. The van der Waals surface area contributed by atoms with Crippen molar-refractivity contribution in [2.24, 2.45) is 0 Å². The highest BCUT2D eigenvalue weighted by atomic mass is 14.9. The van der Waals surface area contributed by atoms with E-state index in [1.807, 2.05) is 12.1 Å². The number of nitrogens with zero attached hydrogens (tertiary/aromatic N) is 3. The number of benzene rings is 9. The minimum Gasteiger partial charge on any atom is -0.246 e. The van der Waals surface area contributed by atoms with Crippen molar-refractivity contribution >= 4 is 21.7 Å². The number of aromatic nitrogens is 3. The summed E-state index contributed by atoms with van der Waals surface area (Å²) in [5.74, 6) is 0.682. The molecule has 0 amide bonds. The quantitative estimate of drug-likeness (QED) is 0.144. The molecule has 0 fully saturated rings. The fourth-order valence-electron chi connectivity index (χ4n) is 8.58. The molecule has 0 aliphatic carbocycles. The first kappa shape index (κ1) is 36.8. The molecule has 290 valence electrons. The normalized spacial score (nSPS) is 11.2. The van der Waals surface area contributed by atoms with Gasteiger partial charge in [-0.05, 0) is 45.0 Å². The molecular weight excluding hydrogens is 751 g/mol. The van der Waals surface area contributed by atoms with E-state index in [0.717, 1.165) is 72.3 Å². The standard InChI is InChI=1S/C59H39N3/c1-5-15-40(16-6-1)42-27-33-46(34-28-42)54-39-55(61-59(60-54)49-37-29-43(30-38-49)41-17-7-2-8-18-41)47-35-31-45(32-36-47)51-24-14-26-53-56-50(44-19-9-3-10-20-44)23-13-25-52(56)57(62-58(51)53)48-21-11-4-12-22-48/h1-39H. The van der Waals surface area contributed by atoms with Crippen LogP contribution in [0.1, 0.15) is 0 Å². The van der Waals surface area contributed by atoms with Gasteiger partial charge in [-0.25, -0.2) is 15.0 Å². The molecule has 62 heavy (non-hydrogen) atoms. The van der Waals surface area contributed by atoms with Crippen molar-refractivity contribution in [3.63, 3.8) is 0 Å². The van der Waals surface area contributed by atoms with E-state index < -0.39 is 0 Å². The van der Waals surface area contributed by atoms with E-state index in [-0.39, 0.29) is 0 Å². The zero-order chi connectivity index (χ0) is 41.2. The summed E-state index contributed by atoms with van der Waals surface area (Å²) in [6.45, 7) is 0. The molecule has 0 saturated heterocycles. The van der Waals surface area contributed by atoms with E-state index in [9.17, 15) is 0 Å². The lowest BCUT2D eigenvalue weighted by molar-refractivity contribution is 1.18. The maximum atomic E-state index is 5.49. The molecule has 3 nitrogen and oxygen atoms in total. The van der Waals surface area contributed by atoms with E-state index in [4.69, 9.17) is 15.0 Å². The second-order valence-electron chi connectivity index (χ2n) is 15.5. The van der Waals surface area contributed by atoms with Crippen molar-refractivity contribution in [1.29, 1.82) is 0 Å². The van der Waals surface area contributed by atoms with E-state index in [1.165, 1.54) is 33.2 Å². The first-order valence-electron chi connectivity index (χ1n) is 21.0. The Kier molecular flexibility index (Phi) is 9.53. The highest BCUT2D eigenvalue weighted by Gasteiger charge is 2.18. The average Bonchev–Trinajstić information content (AvgIpc) is 3.37. The molecule has 3 heteroatoms. The molecule has 9 aromatic carbocycles. The van der Waals surface area contributed by atoms with Gasteiger partial charge in [0.25, 0.3) is 0 Å². The Labute approximate surface area is 361 Å². The molecule has 11 aromatic rings. The fraction of sp³-hybridized carbons (Fsp3) is 0. The molecule has 0 bridgehead atoms. The molecular formula is C59H39N3. The first-order chi connectivity index (χ1) is 30.7. The lowest BCUT2D eigenvalue weighted by Gasteiger charge is -2.16.